The summed E-state index contributed by atoms with van der Waals surface area (Å²) in [6, 6.07) is 16.4. The lowest BCUT2D eigenvalue weighted by atomic mass is 10.3. The minimum atomic E-state index is -0.690. The Morgan fingerprint density at radius 3 is 2.82 bits per heavy atom. The van der Waals surface area contributed by atoms with Crippen LogP contribution < -0.4 is 5.32 Å². The van der Waals surface area contributed by atoms with Crippen LogP contribution in [-0.2, 0) is 14.3 Å². The Morgan fingerprint density at radius 1 is 1.21 bits per heavy atom. The number of anilines is 1. The van der Waals surface area contributed by atoms with E-state index in [9.17, 15) is 9.59 Å². The maximum Gasteiger partial charge on any atom is 0.331 e. The molecule has 0 spiro atoms. The van der Waals surface area contributed by atoms with Gasteiger partial charge in [0, 0.05) is 17.0 Å². The summed E-state index contributed by atoms with van der Waals surface area (Å²) in [7, 11) is 0. The molecule has 3 aromatic rings. The molecule has 8 heteroatoms. The number of nitrogens with one attached hydrogen (secondary N) is 1. The maximum atomic E-state index is 12.0. The van der Waals surface area contributed by atoms with Gasteiger partial charge in [-0.1, -0.05) is 24.3 Å². The zero-order chi connectivity index (χ0) is 19.8. The normalized spacial score (nSPS) is 10.7. The Hall–Kier alpha value is -3.57. The minimum Gasteiger partial charge on any atom is -0.452 e. The highest BCUT2D eigenvalue weighted by Gasteiger charge is 2.09. The van der Waals surface area contributed by atoms with Gasteiger partial charge in [-0.3, -0.25) is 4.79 Å². The van der Waals surface area contributed by atoms with Crippen molar-refractivity contribution in [3.05, 3.63) is 60.5 Å². The smallest absolute Gasteiger partial charge is 0.331 e. The average Bonchev–Trinajstić information content (AvgIpc) is 3.13. The molecule has 3 rings (SSSR count). The molecule has 0 saturated carbocycles. The number of carbonyl (C=O) groups is 2. The first-order valence-electron chi connectivity index (χ1n) is 8.25. The van der Waals surface area contributed by atoms with Crippen LogP contribution in [0.25, 0.3) is 17.2 Å². The molecule has 1 heterocycles. The first-order chi connectivity index (χ1) is 13.7. The molecule has 28 heavy (non-hydrogen) atoms. The van der Waals surface area contributed by atoms with Crippen LogP contribution in [0.1, 0.15) is 5.89 Å². The topological polar surface area (TPSA) is 105 Å². The number of ether oxygens (including phenoxy) is 1. The number of esters is 1. The molecule has 1 N–H and O–H groups in total. The molecule has 0 bridgehead atoms. The van der Waals surface area contributed by atoms with Crippen LogP contribution in [0.2, 0.25) is 0 Å². The van der Waals surface area contributed by atoms with Crippen molar-refractivity contribution in [1.29, 1.82) is 5.26 Å². The van der Waals surface area contributed by atoms with Crippen molar-refractivity contribution in [3.63, 3.8) is 0 Å². The molecule has 1 aromatic heterocycles. The second-order valence-electron chi connectivity index (χ2n) is 5.45. The van der Waals surface area contributed by atoms with Gasteiger partial charge in [-0.25, -0.2) is 9.78 Å². The number of thioether (sulfide) groups is 1. The van der Waals surface area contributed by atoms with Gasteiger partial charge in [-0.15, -0.1) is 11.8 Å². The lowest BCUT2D eigenvalue weighted by Gasteiger charge is -2.09. The van der Waals surface area contributed by atoms with Crippen LogP contribution in [0.5, 0.6) is 0 Å². The summed E-state index contributed by atoms with van der Waals surface area (Å²) < 4.78 is 10.4. The Bertz CT molecular complexity index is 1040. The van der Waals surface area contributed by atoms with Crippen LogP contribution in [0.15, 0.2) is 63.9 Å². The summed E-state index contributed by atoms with van der Waals surface area (Å²) in [5.74, 6) is -0.633. The number of fused-ring (bicyclic) bond motifs is 1. The molecule has 0 aliphatic rings. The van der Waals surface area contributed by atoms with Crippen molar-refractivity contribution in [2.24, 2.45) is 0 Å². The van der Waals surface area contributed by atoms with Crippen LogP contribution in [-0.4, -0.2) is 29.2 Å². The zero-order valence-corrected chi connectivity index (χ0v) is 15.4. The van der Waals surface area contributed by atoms with Gasteiger partial charge in [0.15, 0.2) is 12.2 Å². The van der Waals surface area contributed by atoms with Crippen LogP contribution in [0.4, 0.5) is 5.69 Å². The average molecular weight is 393 g/mol. The molecule has 0 aliphatic heterocycles. The number of hydrogen-bond donors (Lipinski definition) is 1. The predicted molar refractivity (Wildman–Crippen MR) is 105 cm³/mol. The van der Waals surface area contributed by atoms with Gasteiger partial charge < -0.3 is 14.5 Å². The number of oxazole rings is 1. The van der Waals surface area contributed by atoms with E-state index in [1.54, 1.807) is 30.3 Å². The van der Waals surface area contributed by atoms with E-state index in [2.05, 4.69) is 10.3 Å². The van der Waals surface area contributed by atoms with E-state index in [1.165, 1.54) is 17.8 Å². The van der Waals surface area contributed by atoms with E-state index >= 15 is 0 Å². The SMILES string of the molecule is N#CCSc1ccccc1NC(=O)COC(=O)/C=C/c1nc2ccccc2o1. The number of hydrogen-bond acceptors (Lipinski definition) is 7. The Balaban J connectivity index is 1.52. The van der Waals surface area contributed by atoms with E-state index < -0.39 is 18.5 Å². The third-order valence-corrected chi connectivity index (χ3v) is 4.41. The maximum absolute atomic E-state index is 12.0. The number of carbonyl (C=O) groups excluding carboxylic acids is 2. The van der Waals surface area contributed by atoms with Gasteiger partial charge in [0.05, 0.1) is 17.5 Å². The number of rotatable bonds is 7. The summed E-state index contributed by atoms with van der Waals surface area (Å²) in [5, 5.41) is 11.4. The van der Waals surface area contributed by atoms with Crippen LogP contribution >= 0.6 is 11.8 Å². The van der Waals surface area contributed by atoms with Crippen molar-refractivity contribution in [3.8, 4) is 6.07 Å². The van der Waals surface area contributed by atoms with Crippen molar-refractivity contribution in [2.75, 3.05) is 17.7 Å². The van der Waals surface area contributed by atoms with Crippen molar-refractivity contribution in [2.45, 2.75) is 4.90 Å². The zero-order valence-electron chi connectivity index (χ0n) is 14.6. The Labute approximate surface area is 165 Å². The highest BCUT2D eigenvalue weighted by Crippen LogP contribution is 2.26. The summed E-state index contributed by atoms with van der Waals surface area (Å²) >= 11 is 1.31. The van der Waals surface area contributed by atoms with Crippen molar-refractivity contribution in [1.82, 2.24) is 4.98 Å². The summed E-state index contributed by atoms with van der Waals surface area (Å²) in [6.45, 7) is -0.437. The van der Waals surface area contributed by atoms with Gasteiger partial charge in [0.2, 0.25) is 5.89 Å². The second-order valence-corrected chi connectivity index (χ2v) is 6.47. The number of nitriles is 1. The molecule has 0 saturated heterocycles. The summed E-state index contributed by atoms with van der Waals surface area (Å²) in [4.78, 5) is 28.8. The molecular formula is C20H15N3O4S. The molecule has 0 atom stereocenters. The number of para-hydroxylation sites is 3. The van der Waals surface area contributed by atoms with E-state index in [1.807, 2.05) is 24.3 Å². The molecule has 2 aromatic carbocycles. The lowest BCUT2D eigenvalue weighted by molar-refractivity contribution is -0.142. The fraction of sp³-hybridized carbons (Fsp3) is 0.100. The van der Waals surface area contributed by atoms with Crippen LogP contribution in [0.3, 0.4) is 0 Å². The summed E-state index contributed by atoms with van der Waals surface area (Å²) in [5.41, 5.74) is 1.86. The number of nitrogens with zero attached hydrogens (tertiary/aromatic N) is 2. The third kappa shape index (κ3) is 5.22. The molecule has 0 radical (unpaired) electrons. The molecule has 140 valence electrons. The van der Waals surface area contributed by atoms with E-state index in [-0.39, 0.29) is 11.6 Å². The fourth-order valence-corrected chi connectivity index (χ4v) is 2.95. The Morgan fingerprint density at radius 2 is 2.00 bits per heavy atom. The summed E-state index contributed by atoms with van der Waals surface area (Å²) in [6.07, 6.45) is 2.53. The number of benzene rings is 2. The largest absolute Gasteiger partial charge is 0.452 e. The quantitative estimate of drug-likeness (QED) is 0.371. The van der Waals surface area contributed by atoms with Gasteiger partial charge in [0.25, 0.3) is 5.91 Å². The monoisotopic (exact) mass is 393 g/mol. The molecular weight excluding hydrogens is 378 g/mol. The van der Waals surface area contributed by atoms with Crippen LogP contribution in [0, 0.1) is 11.3 Å². The second kappa shape index (κ2) is 9.39. The van der Waals surface area contributed by atoms with Crippen molar-refractivity contribution >= 4 is 46.5 Å². The predicted octanol–water partition coefficient (Wildman–Crippen LogP) is 3.64. The van der Waals surface area contributed by atoms with Gasteiger partial charge in [-0.2, -0.15) is 5.26 Å². The highest BCUT2D eigenvalue weighted by atomic mass is 32.2. The Kier molecular flexibility index (Phi) is 6.44. The molecule has 0 unspecified atom stereocenters. The number of amides is 1. The van der Waals surface area contributed by atoms with Crippen molar-refractivity contribution < 1.29 is 18.7 Å². The molecule has 1 amide bonds. The standard InChI is InChI=1S/C20H15N3O4S/c21-11-12-28-17-8-4-2-6-15(17)22-18(24)13-26-20(25)10-9-19-23-14-5-1-3-7-16(14)27-19/h1-10H,12-13H2,(H,22,24)/b10-9+. The van der Waals surface area contributed by atoms with Gasteiger partial charge >= 0.3 is 5.97 Å². The molecule has 0 fully saturated rings. The van der Waals surface area contributed by atoms with E-state index in [0.29, 0.717) is 16.8 Å². The van der Waals surface area contributed by atoms with E-state index in [4.69, 9.17) is 14.4 Å². The highest BCUT2D eigenvalue weighted by molar-refractivity contribution is 7.99. The number of aromatic nitrogens is 1. The third-order valence-electron chi connectivity index (χ3n) is 3.47. The van der Waals surface area contributed by atoms with E-state index in [0.717, 1.165) is 11.0 Å². The van der Waals surface area contributed by atoms with Gasteiger partial charge in [-0.05, 0) is 24.3 Å². The first-order valence-corrected chi connectivity index (χ1v) is 9.23. The molecule has 7 nitrogen and oxygen atoms in total. The minimum absolute atomic E-state index is 0.266. The lowest BCUT2D eigenvalue weighted by Crippen LogP contribution is -2.20. The first kappa shape index (κ1) is 19.2. The molecule has 0 aliphatic carbocycles. The fourth-order valence-electron chi connectivity index (χ4n) is 2.28. The van der Waals surface area contributed by atoms with Gasteiger partial charge in [0.1, 0.15) is 5.52 Å².